The van der Waals surface area contributed by atoms with Gasteiger partial charge in [0.1, 0.15) is 11.6 Å². The van der Waals surface area contributed by atoms with Crippen molar-refractivity contribution in [2.75, 3.05) is 12.3 Å². The molecule has 2 aromatic carbocycles. The molecule has 94 valence electrons. The van der Waals surface area contributed by atoms with Gasteiger partial charge in [0.25, 0.3) is 0 Å². The molecule has 0 aliphatic heterocycles. The molecule has 0 aliphatic carbocycles. The first kappa shape index (κ1) is 12.7. The number of hydrogen-bond donors (Lipinski definition) is 1. The van der Waals surface area contributed by atoms with Crippen LogP contribution in [-0.2, 0) is 0 Å². The van der Waals surface area contributed by atoms with Gasteiger partial charge in [-0.15, -0.1) is 0 Å². The van der Waals surface area contributed by atoms with Gasteiger partial charge in [-0.1, -0.05) is 29.8 Å². The van der Waals surface area contributed by atoms with Gasteiger partial charge in [-0.2, -0.15) is 0 Å². The van der Waals surface area contributed by atoms with E-state index in [0.717, 1.165) is 5.56 Å². The summed E-state index contributed by atoms with van der Waals surface area (Å²) in [5, 5.41) is 0.205. The Hall–Kier alpha value is -1.74. The van der Waals surface area contributed by atoms with Crippen LogP contribution in [0.5, 0.6) is 5.75 Å². The van der Waals surface area contributed by atoms with Crippen LogP contribution in [0.2, 0.25) is 5.02 Å². The zero-order chi connectivity index (χ0) is 13.1. The van der Waals surface area contributed by atoms with Gasteiger partial charge in [-0.05, 0) is 25.1 Å². The normalized spacial score (nSPS) is 10.4. The predicted molar refractivity (Wildman–Crippen MR) is 72.4 cm³/mol. The van der Waals surface area contributed by atoms with E-state index in [2.05, 4.69) is 0 Å². The van der Waals surface area contributed by atoms with Crippen LogP contribution < -0.4 is 10.5 Å². The Morgan fingerprint density at radius 2 is 1.94 bits per heavy atom. The van der Waals surface area contributed by atoms with Crippen molar-refractivity contribution in [1.82, 2.24) is 0 Å². The number of benzene rings is 2. The second-order valence-electron chi connectivity index (χ2n) is 3.78. The standard InChI is InChI=1S/C14H13ClFNO/c1-2-18-13-6-4-3-5-10(13)11-7-9(16)8-12(15)14(11)17/h3-8H,2,17H2,1H3. The van der Waals surface area contributed by atoms with Crippen molar-refractivity contribution in [2.45, 2.75) is 6.92 Å². The molecule has 0 spiro atoms. The zero-order valence-electron chi connectivity index (χ0n) is 9.91. The first-order chi connectivity index (χ1) is 8.63. The van der Waals surface area contributed by atoms with Crippen molar-refractivity contribution in [1.29, 1.82) is 0 Å². The largest absolute Gasteiger partial charge is 0.493 e. The molecule has 2 N–H and O–H groups in total. The van der Waals surface area contributed by atoms with Crippen molar-refractivity contribution in [3.8, 4) is 16.9 Å². The Morgan fingerprint density at radius 3 is 2.67 bits per heavy atom. The monoisotopic (exact) mass is 265 g/mol. The van der Waals surface area contributed by atoms with E-state index >= 15 is 0 Å². The predicted octanol–water partition coefficient (Wildman–Crippen LogP) is 4.13. The van der Waals surface area contributed by atoms with Gasteiger partial charge in [-0.25, -0.2) is 4.39 Å². The molecule has 0 aliphatic rings. The minimum Gasteiger partial charge on any atom is -0.493 e. The molecule has 2 rings (SSSR count). The first-order valence-corrected chi connectivity index (χ1v) is 5.98. The quantitative estimate of drug-likeness (QED) is 0.847. The lowest BCUT2D eigenvalue weighted by molar-refractivity contribution is 0.341. The Bertz CT molecular complexity index is 572. The highest BCUT2D eigenvalue weighted by Crippen LogP contribution is 2.37. The zero-order valence-corrected chi connectivity index (χ0v) is 10.7. The van der Waals surface area contributed by atoms with Crippen LogP contribution >= 0.6 is 11.6 Å². The highest BCUT2D eigenvalue weighted by atomic mass is 35.5. The van der Waals surface area contributed by atoms with Crippen molar-refractivity contribution >= 4 is 17.3 Å². The van der Waals surface area contributed by atoms with Crippen molar-refractivity contribution in [3.63, 3.8) is 0 Å². The molecule has 0 atom stereocenters. The van der Waals surface area contributed by atoms with Gasteiger partial charge in [-0.3, -0.25) is 0 Å². The number of rotatable bonds is 3. The van der Waals surface area contributed by atoms with Crippen molar-refractivity contribution < 1.29 is 9.13 Å². The molecule has 0 saturated heterocycles. The molecule has 2 aromatic rings. The Labute approximate surface area is 110 Å². The molecular weight excluding hydrogens is 253 g/mol. The molecular formula is C14H13ClFNO. The van der Waals surface area contributed by atoms with Crippen molar-refractivity contribution in [3.05, 3.63) is 47.2 Å². The molecule has 0 saturated carbocycles. The summed E-state index contributed by atoms with van der Waals surface area (Å²) in [6.07, 6.45) is 0. The summed E-state index contributed by atoms with van der Waals surface area (Å²) in [5.74, 6) is 0.240. The van der Waals surface area contributed by atoms with Crippen molar-refractivity contribution in [2.24, 2.45) is 0 Å². The maximum Gasteiger partial charge on any atom is 0.127 e. The Kier molecular flexibility index (Phi) is 3.72. The summed E-state index contributed by atoms with van der Waals surface area (Å²) in [7, 11) is 0. The number of anilines is 1. The third-order valence-corrected chi connectivity index (χ3v) is 2.88. The highest BCUT2D eigenvalue weighted by Gasteiger charge is 2.12. The molecule has 0 bridgehead atoms. The summed E-state index contributed by atoms with van der Waals surface area (Å²) in [6, 6.07) is 9.90. The Balaban J connectivity index is 2.61. The third-order valence-electron chi connectivity index (χ3n) is 2.57. The number of nitrogen functional groups attached to an aromatic ring is 1. The van der Waals surface area contributed by atoms with Gasteiger partial charge < -0.3 is 10.5 Å². The molecule has 0 heterocycles. The molecule has 0 amide bonds. The molecule has 2 nitrogen and oxygen atoms in total. The second-order valence-corrected chi connectivity index (χ2v) is 4.19. The molecule has 0 aromatic heterocycles. The van der Waals surface area contributed by atoms with E-state index in [1.807, 2.05) is 31.2 Å². The third kappa shape index (κ3) is 2.41. The molecule has 0 unspecified atom stereocenters. The summed E-state index contributed by atoms with van der Waals surface area (Å²) >= 11 is 5.89. The van der Waals surface area contributed by atoms with E-state index < -0.39 is 5.82 Å². The lowest BCUT2D eigenvalue weighted by atomic mass is 10.0. The van der Waals surface area contributed by atoms with Crippen LogP contribution in [0.25, 0.3) is 11.1 Å². The SMILES string of the molecule is CCOc1ccccc1-c1cc(F)cc(Cl)c1N. The number of ether oxygens (including phenoxy) is 1. The Morgan fingerprint density at radius 1 is 1.22 bits per heavy atom. The first-order valence-electron chi connectivity index (χ1n) is 5.60. The maximum atomic E-state index is 13.4. The minimum absolute atomic E-state index is 0.205. The minimum atomic E-state index is -0.421. The second kappa shape index (κ2) is 5.27. The summed E-state index contributed by atoms with van der Waals surface area (Å²) in [6.45, 7) is 2.42. The van der Waals surface area contributed by atoms with Crippen LogP contribution in [0, 0.1) is 5.82 Å². The topological polar surface area (TPSA) is 35.2 Å². The van der Waals surface area contributed by atoms with E-state index in [1.165, 1.54) is 12.1 Å². The lowest BCUT2D eigenvalue weighted by Gasteiger charge is -2.13. The highest BCUT2D eigenvalue weighted by molar-refractivity contribution is 6.33. The van der Waals surface area contributed by atoms with Gasteiger partial charge in [0.05, 0.1) is 17.3 Å². The van der Waals surface area contributed by atoms with E-state index in [9.17, 15) is 4.39 Å². The molecule has 4 heteroatoms. The van der Waals surface area contributed by atoms with Gasteiger partial charge in [0.2, 0.25) is 0 Å². The fourth-order valence-corrected chi connectivity index (χ4v) is 1.98. The van der Waals surface area contributed by atoms with Crippen LogP contribution in [-0.4, -0.2) is 6.61 Å². The number of nitrogens with two attached hydrogens (primary N) is 1. The molecule has 0 fully saturated rings. The number of halogens is 2. The fourth-order valence-electron chi connectivity index (χ4n) is 1.78. The van der Waals surface area contributed by atoms with E-state index in [0.29, 0.717) is 23.6 Å². The molecule has 0 radical (unpaired) electrons. The molecule has 18 heavy (non-hydrogen) atoms. The van der Waals surface area contributed by atoms with Gasteiger partial charge in [0, 0.05) is 11.1 Å². The van der Waals surface area contributed by atoms with Gasteiger partial charge in [0.15, 0.2) is 0 Å². The number of hydrogen-bond acceptors (Lipinski definition) is 2. The van der Waals surface area contributed by atoms with Crippen LogP contribution in [0.4, 0.5) is 10.1 Å². The summed E-state index contributed by atoms with van der Waals surface area (Å²) < 4.78 is 18.9. The fraction of sp³-hybridized carbons (Fsp3) is 0.143. The van der Waals surface area contributed by atoms with Gasteiger partial charge >= 0.3 is 0 Å². The summed E-state index contributed by atoms with van der Waals surface area (Å²) in [5.41, 5.74) is 7.53. The maximum absolute atomic E-state index is 13.4. The van der Waals surface area contributed by atoms with E-state index in [4.69, 9.17) is 22.1 Å². The van der Waals surface area contributed by atoms with Crippen LogP contribution in [0.15, 0.2) is 36.4 Å². The average molecular weight is 266 g/mol. The number of para-hydroxylation sites is 1. The summed E-state index contributed by atoms with van der Waals surface area (Å²) in [4.78, 5) is 0. The average Bonchev–Trinajstić information content (AvgIpc) is 2.35. The van der Waals surface area contributed by atoms with E-state index in [-0.39, 0.29) is 5.02 Å². The van der Waals surface area contributed by atoms with Crippen LogP contribution in [0.3, 0.4) is 0 Å². The van der Waals surface area contributed by atoms with Crippen LogP contribution in [0.1, 0.15) is 6.92 Å². The van der Waals surface area contributed by atoms with E-state index in [1.54, 1.807) is 0 Å². The smallest absolute Gasteiger partial charge is 0.127 e. The lowest BCUT2D eigenvalue weighted by Crippen LogP contribution is -1.97.